The van der Waals surface area contributed by atoms with Crippen molar-refractivity contribution in [2.75, 3.05) is 0 Å². The first-order valence-electron chi connectivity index (χ1n) is 25.3. The SMILES string of the molecule is CC1(C)c2ccccc2-c2cc(-n3c4ccc(-c5nc6ccccc6n5-c5ccc(-c6ccccc6)cc5)cc4c4cc(-c5nc6ccccc6n5-c5ccc(-c6ccccc6)cc5)ccc43)nc3cccc1c23. The van der Waals surface area contributed by atoms with Gasteiger partial charge in [-0.2, -0.15) is 0 Å². The van der Waals surface area contributed by atoms with Crippen LogP contribution in [0.2, 0.25) is 0 Å². The molecule has 15 rings (SSSR count). The Balaban J connectivity index is 0.966. The van der Waals surface area contributed by atoms with E-state index >= 15 is 0 Å². The van der Waals surface area contributed by atoms with Crippen LogP contribution in [0.5, 0.6) is 0 Å². The highest BCUT2D eigenvalue weighted by atomic mass is 15.1. The van der Waals surface area contributed by atoms with E-state index in [9.17, 15) is 0 Å². The predicted molar refractivity (Wildman–Crippen MR) is 305 cm³/mol. The molecule has 6 heteroatoms. The van der Waals surface area contributed by atoms with Gasteiger partial charge < -0.3 is 0 Å². The van der Waals surface area contributed by atoms with Crippen molar-refractivity contribution in [3.05, 3.63) is 254 Å². The molecule has 4 aromatic heterocycles. The lowest BCUT2D eigenvalue weighted by Crippen LogP contribution is -2.23. The van der Waals surface area contributed by atoms with Gasteiger partial charge in [0.25, 0.3) is 0 Å². The van der Waals surface area contributed by atoms with Gasteiger partial charge in [-0.1, -0.05) is 159 Å². The summed E-state index contributed by atoms with van der Waals surface area (Å²) in [5.41, 5.74) is 20.8. The van der Waals surface area contributed by atoms with Crippen LogP contribution in [0.4, 0.5) is 0 Å². The Morgan fingerprint density at radius 2 is 0.757 bits per heavy atom. The molecule has 74 heavy (non-hydrogen) atoms. The van der Waals surface area contributed by atoms with Gasteiger partial charge >= 0.3 is 0 Å². The molecule has 4 heterocycles. The van der Waals surface area contributed by atoms with E-state index in [0.29, 0.717) is 0 Å². The Kier molecular flexibility index (Phi) is 9.20. The summed E-state index contributed by atoms with van der Waals surface area (Å²) in [6.07, 6.45) is 0. The number of nitrogens with zero attached hydrogens (tertiary/aromatic N) is 6. The van der Waals surface area contributed by atoms with E-state index in [2.05, 4.69) is 270 Å². The van der Waals surface area contributed by atoms with Gasteiger partial charge in [0.1, 0.15) is 17.5 Å². The zero-order valence-electron chi connectivity index (χ0n) is 40.8. The topological polar surface area (TPSA) is 53.5 Å². The highest BCUT2D eigenvalue weighted by molar-refractivity contribution is 6.12. The Bertz CT molecular complexity index is 4320. The zero-order valence-corrected chi connectivity index (χ0v) is 40.8. The first-order chi connectivity index (χ1) is 36.4. The van der Waals surface area contributed by atoms with Crippen molar-refractivity contribution in [3.63, 3.8) is 0 Å². The Morgan fingerprint density at radius 3 is 1.31 bits per heavy atom. The zero-order chi connectivity index (χ0) is 49.1. The van der Waals surface area contributed by atoms with Gasteiger partial charge in [0, 0.05) is 44.1 Å². The summed E-state index contributed by atoms with van der Waals surface area (Å²) in [5, 5.41) is 3.41. The van der Waals surface area contributed by atoms with E-state index in [0.717, 1.165) is 89.4 Å². The second-order valence-corrected chi connectivity index (χ2v) is 20.0. The van der Waals surface area contributed by atoms with Crippen molar-refractivity contribution in [1.82, 2.24) is 28.7 Å². The van der Waals surface area contributed by atoms with Crippen molar-refractivity contribution in [3.8, 4) is 73.3 Å². The lowest BCUT2D eigenvalue weighted by molar-refractivity contribution is 0.645. The Labute approximate surface area is 427 Å². The van der Waals surface area contributed by atoms with Crippen LogP contribution >= 0.6 is 0 Å². The number of aromatic nitrogens is 6. The highest BCUT2D eigenvalue weighted by Gasteiger charge is 2.34. The molecule has 348 valence electrons. The average molecular weight is 947 g/mol. The summed E-state index contributed by atoms with van der Waals surface area (Å²) in [7, 11) is 0. The maximum atomic E-state index is 5.57. The average Bonchev–Trinajstić information content (AvgIpc) is 4.15. The third kappa shape index (κ3) is 6.41. The quantitative estimate of drug-likeness (QED) is 0.160. The molecule has 14 aromatic rings. The van der Waals surface area contributed by atoms with E-state index < -0.39 is 0 Å². The van der Waals surface area contributed by atoms with Crippen LogP contribution in [0.15, 0.2) is 243 Å². The smallest absolute Gasteiger partial charge is 0.145 e. The molecule has 0 saturated heterocycles. The number of hydrogen-bond donors (Lipinski definition) is 0. The number of para-hydroxylation sites is 4. The van der Waals surface area contributed by atoms with Gasteiger partial charge in [-0.3, -0.25) is 13.7 Å². The molecule has 0 unspecified atom stereocenters. The van der Waals surface area contributed by atoms with Crippen molar-refractivity contribution in [2.24, 2.45) is 0 Å². The summed E-state index contributed by atoms with van der Waals surface area (Å²) in [6.45, 7) is 4.67. The number of fused-ring (bicyclic) bond motifs is 7. The molecular weight excluding hydrogens is 901 g/mol. The molecule has 6 nitrogen and oxygen atoms in total. The highest BCUT2D eigenvalue weighted by Crippen LogP contribution is 2.49. The van der Waals surface area contributed by atoms with Crippen molar-refractivity contribution in [2.45, 2.75) is 19.3 Å². The molecule has 1 aliphatic rings. The summed E-state index contributed by atoms with van der Waals surface area (Å²) >= 11 is 0. The molecule has 0 saturated carbocycles. The molecular formula is C68H46N6. The van der Waals surface area contributed by atoms with E-state index in [1.54, 1.807) is 0 Å². The van der Waals surface area contributed by atoms with Crippen LogP contribution in [0.3, 0.4) is 0 Å². The van der Waals surface area contributed by atoms with Gasteiger partial charge in [-0.05, 0) is 142 Å². The van der Waals surface area contributed by atoms with Gasteiger partial charge in [0.2, 0.25) is 0 Å². The monoisotopic (exact) mass is 946 g/mol. The van der Waals surface area contributed by atoms with E-state index in [1.807, 2.05) is 0 Å². The molecule has 0 radical (unpaired) electrons. The number of hydrogen-bond acceptors (Lipinski definition) is 3. The minimum atomic E-state index is -0.174. The molecule has 0 atom stereocenters. The van der Waals surface area contributed by atoms with Crippen LogP contribution in [0.25, 0.3) is 128 Å². The molecule has 0 fully saturated rings. The number of pyridine rings is 1. The van der Waals surface area contributed by atoms with E-state index in [-0.39, 0.29) is 5.41 Å². The number of benzene rings is 10. The van der Waals surface area contributed by atoms with Gasteiger partial charge in [0.05, 0.1) is 38.6 Å². The summed E-state index contributed by atoms with van der Waals surface area (Å²) < 4.78 is 6.96. The van der Waals surface area contributed by atoms with Crippen LogP contribution in [0, 0.1) is 0 Å². The first-order valence-corrected chi connectivity index (χ1v) is 25.3. The van der Waals surface area contributed by atoms with Gasteiger partial charge in [-0.25, -0.2) is 15.0 Å². The maximum Gasteiger partial charge on any atom is 0.145 e. The van der Waals surface area contributed by atoms with Crippen molar-refractivity contribution >= 4 is 54.8 Å². The second kappa shape index (κ2) is 16.2. The third-order valence-corrected chi connectivity index (χ3v) is 15.5. The van der Waals surface area contributed by atoms with Crippen molar-refractivity contribution < 1.29 is 0 Å². The van der Waals surface area contributed by atoms with Crippen LogP contribution in [0.1, 0.15) is 25.0 Å². The third-order valence-electron chi connectivity index (χ3n) is 15.5. The number of rotatable bonds is 7. The Morgan fingerprint density at radius 1 is 0.311 bits per heavy atom. The van der Waals surface area contributed by atoms with Gasteiger partial charge in [0.15, 0.2) is 0 Å². The minimum absolute atomic E-state index is 0.174. The van der Waals surface area contributed by atoms with Crippen LogP contribution in [-0.2, 0) is 5.41 Å². The van der Waals surface area contributed by atoms with Gasteiger partial charge in [-0.15, -0.1) is 0 Å². The first kappa shape index (κ1) is 42.1. The fraction of sp³-hybridized carbons (Fsp3) is 0.0441. The van der Waals surface area contributed by atoms with Crippen molar-refractivity contribution in [1.29, 1.82) is 0 Å². The lowest BCUT2D eigenvalue weighted by Gasteiger charge is -2.35. The second-order valence-electron chi connectivity index (χ2n) is 20.0. The summed E-state index contributed by atoms with van der Waals surface area (Å²) in [5.74, 6) is 2.62. The van der Waals surface area contributed by atoms with E-state index in [4.69, 9.17) is 15.0 Å². The molecule has 0 aliphatic heterocycles. The van der Waals surface area contributed by atoms with E-state index in [1.165, 1.54) is 49.9 Å². The fourth-order valence-electron chi connectivity index (χ4n) is 11.9. The summed E-state index contributed by atoms with van der Waals surface area (Å²) in [6, 6.07) is 87.1. The lowest BCUT2D eigenvalue weighted by atomic mass is 9.69. The molecule has 0 bridgehead atoms. The standard InChI is InChI=1S/C68H46N6/c1-68(2)55-21-10-9-20-51(55)54-42-64(69-59-25-15-22-56(68)65(54)59)74-60-38-32-47(66-70-57-23-11-13-26-62(57)72(66)49-34-28-45(29-35-49)43-16-5-3-6-17-43)40-52(60)53-41-48(33-39-61(53)74)67-71-58-24-12-14-27-63(58)73(67)50-36-30-46(31-37-50)44-18-7-4-8-19-44/h3-42H,1-2H3. The maximum absolute atomic E-state index is 5.57. The van der Waals surface area contributed by atoms with Crippen LogP contribution < -0.4 is 0 Å². The normalized spacial score (nSPS) is 12.8. The molecule has 0 N–H and O–H groups in total. The fourth-order valence-corrected chi connectivity index (χ4v) is 11.9. The largest absolute Gasteiger partial charge is 0.294 e. The molecule has 0 amide bonds. The minimum Gasteiger partial charge on any atom is -0.294 e. The molecule has 0 spiro atoms. The van der Waals surface area contributed by atoms with Crippen LogP contribution in [-0.4, -0.2) is 28.7 Å². The molecule has 10 aromatic carbocycles. The Hall–Kier alpha value is -9.65. The predicted octanol–water partition coefficient (Wildman–Crippen LogP) is 17.0. The summed E-state index contributed by atoms with van der Waals surface area (Å²) in [4.78, 5) is 16.3. The molecule has 1 aliphatic carbocycles. The number of imidazole rings is 2.